The van der Waals surface area contributed by atoms with Crippen molar-refractivity contribution in [3.05, 3.63) is 35.8 Å². The van der Waals surface area contributed by atoms with Crippen LogP contribution in [0.15, 0.2) is 34.7 Å². The van der Waals surface area contributed by atoms with Crippen molar-refractivity contribution in [3.8, 4) is 0 Å². The molecule has 1 aromatic heterocycles. The Balaban J connectivity index is 1.89. The van der Waals surface area contributed by atoms with Crippen molar-refractivity contribution >= 4 is 5.97 Å². The number of allylic oxidation sites excluding steroid dienone is 1. The summed E-state index contributed by atoms with van der Waals surface area (Å²) in [7, 11) is 0. The van der Waals surface area contributed by atoms with Gasteiger partial charge in [-0.3, -0.25) is 0 Å². The average molecular weight is 316 g/mol. The molecule has 1 saturated carbocycles. The Morgan fingerprint density at radius 1 is 1.39 bits per heavy atom. The van der Waals surface area contributed by atoms with Crippen LogP contribution in [0.5, 0.6) is 0 Å². The van der Waals surface area contributed by atoms with E-state index in [9.17, 15) is 9.90 Å². The first-order chi connectivity index (χ1) is 10.9. The predicted octanol–water partition coefficient (Wildman–Crippen LogP) is 5.08. The van der Waals surface area contributed by atoms with Gasteiger partial charge in [-0.1, -0.05) is 26.8 Å². The summed E-state index contributed by atoms with van der Waals surface area (Å²) in [4.78, 5) is 11.8. The minimum Gasteiger partial charge on any atom is -0.478 e. The average Bonchev–Trinajstić information content (AvgIpc) is 3.02. The standard InChI is InChI=1S/C20H28O3/c1-14-7-10-20(3)16(18(21)22)5-4-6-17(20)19(14,2)11-8-15-9-12-23-13-15/h5,9,12-14,17H,4,6-8,10-11H2,1-3H3,(H,21,22)/t14-,17+,19-,20+/m1/s1. The van der Waals surface area contributed by atoms with Crippen molar-refractivity contribution in [3.63, 3.8) is 0 Å². The number of rotatable bonds is 4. The SMILES string of the molecule is C[C@@H]1CC[C@@]2(C)C(C(=O)O)=CCC[C@H]2[C@]1(C)CCc1ccoc1. The van der Waals surface area contributed by atoms with Crippen molar-refractivity contribution in [2.24, 2.45) is 22.7 Å². The molecule has 1 aromatic rings. The van der Waals surface area contributed by atoms with Crippen LogP contribution in [0.1, 0.15) is 58.4 Å². The van der Waals surface area contributed by atoms with Crippen LogP contribution in [0.4, 0.5) is 0 Å². The summed E-state index contributed by atoms with van der Waals surface area (Å²) in [5.41, 5.74) is 1.91. The van der Waals surface area contributed by atoms with Gasteiger partial charge in [0.05, 0.1) is 12.5 Å². The topological polar surface area (TPSA) is 50.4 Å². The Kier molecular flexibility index (Phi) is 4.16. The minimum atomic E-state index is -0.719. The van der Waals surface area contributed by atoms with E-state index in [1.54, 1.807) is 6.26 Å². The fourth-order valence-corrected chi connectivity index (χ4v) is 5.29. The summed E-state index contributed by atoms with van der Waals surface area (Å²) < 4.78 is 5.20. The molecule has 126 valence electrons. The smallest absolute Gasteiger partial charge is 0.331 e. The number of furan rings is 1. The van der Waals surface area contributed by atoms with Crippen LogP contribution in [0, 0.1) is 22.7 Å². The molecule has 0 amide bonds. The second-order valence-corrected chi connectivity index (χ2v) is 8.05. The van der Waals surface area contributed by atoms with E-state index in [1.807, 2.05) is 18.4 Å². The second-order valence-electron chi connectivity index (χ2n) is 8.05. The molecule has 3 rings (SSSR count). The van der Waals surface area contributed by atoms with E-state index in [4.69, 9.17) is 4.42 Å². The van der Waals surface area contributed by atoms with Crippen LogP contribution < -0.4 is 0 Å². The number of hydrogen-bond acceptors (Lipinski definition) is 2. The maximum absolute atomic E-state index is 11.8. The maximum atomic E-state index is 11.8. The number of aryl methyl sites for hydroxylation is 1. The first-order valence-electron chi connectivity index (χ1n) is 8.83. The van der Waals surface area contributed by atoms with Crippen LogP contribution in [0.3, 0.4) is 0 Å². The van der Waals surface area contributed by atoms with Gasteiger partial charge in [-0.05, 0) is 67.4 Å². The van der Waals surface area contributed by atoms with Gasteiger partial charge in [0.25, 0.3) is 0 Å². The summed E-state index contributed by atoms with van der Waals surface area (Å²) in [6.45, 7) is 6.94. The molecule has 2 aliphatic rings. The highest BCUT2D eigenvalue weighted by Crippen LogP contribution is 2.61. The molecule has 1 heterocycles. The van der Waals surface area contributed by atoms with Gasteiger partial charge in [0.15, 0.2) is 0 Å². The lowest BCUT2D eigenvalue weighted by atomic mass is 9.46. The van der Waals surface area contributed by atoms with Crippen molar-refractivity contribution in [1.82, 2.24) is 0 Å². The molecule has 0 spiro atoms. The van der Waals surface area contributed by atoms with Crippen molar-refractivity contribution in [1.29, 1.82) is 0 Å². The zero-order valence-electron chi connectivity index (χ0n) is 14.5. The molecule has 0 aliphatic heterocycles. The van der Waals surface area contributed by atoms with E-state index in [0.717, 1.165) is 38.5 Å². The Morgan fingerprint density at radius 3 is 2.83 bits per heavy atom. The Hall–Kier alpha value is -1.51. The molecule has 0 aromatic carbocycles. The molecule has 23 heavy (non-hydrogen) atoms. The molecule has 0 saturated heterocycles. The summed E-state index contributed by atoms with van der Waals surface area (Å²) in [5, 5.41) is 9.68. The number of carbonyl (C=O) groups is 1. The summed E-state index contributed by atoms with van der Waals surface area (Å²) >= 11 is 0. The number of carboxylic acids is 1. The zero-order chi connectivity index (χ0) is 16.7. The number of hydrogen-bond donors (Lipinski definition) is 1. The lowest BCUT2D eigenvalue weighted by Gasteiger charge is -2.57. The molecule has 0 radical (unpaired) electrons. The van der Waals surface area contributed by atoms with Gasteiger partial charge in [0.1, 0.15) is 0 Å². The highest BCUT2D eigenvalue weighted by Gasteiger charge is 2.55. The lowest BCUT2D eigenvalue weighted by molar-refractivity contribution is -0.137. The minimum absolute atomic E-state index is 0.179. The van der Waals surface area contributed by atoms with Crippen LogP contribution in [-0.2, 0) is 11.2 Å². The molecule has 1 fully saturated rings. The van der Waals surface area contributed by atoms with Crippen LogP contribution in [0.2, 0.25) is 0 Å². The van der Waals surface area contributed by atoms with Crippen LogP contribution in [-0.4, -0.2) is 11.1 Å². The highest BCUT2D eigenvalue weighted by molar-refractivity contribution is 5.88. The van der Waals surface area contributed by atoms with Crippen molar-refractivity contribution < 1.29 is 14.3 Å². The summed E-state index contributed by atoms with van der Waals surface area (Å²) in [6, 6.07) is 2.04. The van der Waals surface area contributed by atoms with Gasteiger partial charge in [-0.15, -0.1) is 0 Å². The molecule has 2 aliphatic carbocycles. The molecule has 4 atom stereocenters. The van der Waals surface area contributed by atoms with Gasteiger partial charge in [0, 0.05) is 11.0 Å². The normalized spacial score (nSPS) is 37.1. The molecule has 3 nitrogen and oxygen atoms in total. The number of carboxylic acid groups (broad SMARTS) is 1. The fourth-order valence-electron chi connectivity index (χ4n) is 5.29. The monoisotopic (exact) mass is 316 g/mol. The Labute approximate surface area is 138 Å². The highest BCUT2D eigenvalue weighted by atomic mass is 16.4. The third-order valence-corrected chi connectivity index (χ3v) is 6.97. The first kappa shape index (κ1) is 16.4. The maximum Gasteiger partial charge on any atom is 0.331 e. The first-order valence-corrected chi connectivity index (χ1v) is 8.83. The van der Waals surface area contributed by atoms with E-state index in [0.29, 0.717) is 17.4 Å². The van der Waals surface area contributed by atoms with E-state index >= 15 is 0 Å². The lowest BCUT2D eigenvalue weighted by Crippen LogP contribution is -2.51. The molecular weight excluding hydrogens is 288 g/mol. The predicted molar refractivity (Wildman–Crippen MR) is 90.1 cm³/mol. The molecule has 0 unspecified atom stereocenters. The summed E-state index contributed by atoms with van der Waals surface area (Å²) in [6.07, 6.45) is 11.8. The quantitative estimate of drug-likeness (QED) is 0.843. The Morgan fingerprint density at radius 2 is 2.17 bits per heavy atom. The zero-order valence-corrected chi connectivity index (χ0v) is 14.5. The van der Waals surface area contributed by atoms with E-state index in [1.165, 1.54) is 5.56 Å². The van der Waals surface area contributed by atoms with E-state index < -0.39 is 5.97 Å². The second kappa shape index (κ2) is 5.85. The third-order valence-electron chi connectivity index (χ3n) is 6.97. The Bertz CT molecular complexity index is 600. The van der Waals surface area contributed by atoms with E-state index in [-0.39, 0.29) is 10.8 Å². The largest absolute Gasteiger partial charge is 0.478 e. The number of fused-ring (bicyclic) bond motifs is 1. The number of aliphatic carboxylic acids is 1. The van der Waals surface area contributed by atoms with Gasteiger partial charge >= 0.3 is 5.97 Å². The van der Waals surface area contributed by atoms with Gasteiger partial charge in [-0.25, -0.2) is 4.79 Å². The van der Waals surface area contributed by atoms with Crippen LogP contribution >= 0.6 is 0 Å². The third kappa shape index (κ3) is 2.64. The molecule has 0 bridgehead atoms. The van der Waals surface area contributed by atoms with Gasteiger partial charge < -0.3 is 9.52 Å². The van der Waals surface area contributed by atoms with Gasteiger partial charge in [0.2, 0.25) is 0 Å². The van der Waals surface area contributed by atoms with Gasteiger partial charge in [-0.2, -0.15) is 0 Å². The molecular formula is C20H28O3. The van der Waals surface area contributed by atoms with Crippen molar-refractivity contribution in [2.75, 3.05) is 0 Å². The van der Waals surface area contributed by atoms with Crippen LogP contribution in [0.25, 0.3) is 0 Å². The fraction of sp³-hybridized carbons (Fsp3) is 0.650. The van der Waals surface area contributed by atoms with Crippen molar-refractivity contribution in [2.45, 2.75) is 59.3 Å². The van der Waals surface area contributed by atoms with E-state index in [2.05, 4.69) is 20.8 Å². The summed E-state index contributed by atoms with van der Waals surface area (Å²) in [5.74, 6) is 0.353. The molecule has 3 heteroatoms. The molecule has 1 N–H and O–H groups in total.